The van der Waals surface area contributed by atoms with Crippen LogP contribution in [0.1, 0.15) is 40.9 Å². The van der Waals surface area contributed by atoms with Crippen molar-refractivity contribution in [1.82, 2.24) is 15.2 Å². The number of benzene rings is 1. The van der Waals surface area contributed by atoms with Crippen molar-refractivity contribution in [1.29, 1.82) is 0 Å². The van der Waals surface area contributed by atoms with Gasteiger partial charge in [0.2, 0.25) is 0 Å². The van der Waals surface area contributed by atoms with Crippen LogP contribution in [0, 0.1) is 6.92 Å². The molecule has 0 unspecified atom stereocenters. The average Bonchev–Trinajstić information content (AvgIpc) is 3.57. The number of aromatic nitrogens is 1. The predicted octanol–water partition coefficient (Wildman–Crippen LogP) is 3.89. The Morgan fingerprint density at radius 3 is 2.71 bits per heavy atom. The van der Waals surface area contributed by atoms with Crippen molar-refractivity contribution >= 4 is 40.6 Å². The first kappa shape index (κ1) is 29.1. The normalized spacial score (nSPS) is 20.6. The van der Waals surface area contributed by atoms with E-state index in [0.29, 0.717) is 39.8 Å². The summed E-state index contributed by atoms with van der Waals surface area (Å²) in [5.41, 5.74) is 1.83. The van der Waals surface area contributed by atoms with Crippen molar-refractivity contribution in [3.63, 3.8) is 0 Å². The van der Waals surface area contributed by atoms with Gasteiger partial charge in [-0.05, 0) is 80.6 Å². The van der Waals surface area contributed by atoms with Crippen LogP contribution in [0.3, 0.4) is 0 Å². The highest BCUT2D eigenvalue weighted by Crippen LogP contribution is 2.26. The number of carbonyl (C=O) groups is 2. The number of rotatable bonds is 10. The van der Waals surface area contributed by atoms with Gasteiger partial charge >= 0.3 is 6.09 Å². The number of aliphatic hydroxyl groups is 1. The number of anilines is 1. The topological polar surface area (TPSA) is 122 Å². The molecule has 0 spiro atoms. The van der Waals surface area contributed by atoms with Crippen molar-refractivity contribution in [3.05, 3.63) is 73.8 Å². The van der Waals surface area contributed by atoms with Gasteiger partial charge in [-0.25, -0.2) is 4.79 Å². The molecule has 10 nitrogen and oxygen atoms in total. The maximum absolute atomic E-state index is 13.2. The summed E-state index contributed by atoms with van der Waals surface area (Å²) in [6.07, 6.45) is 3.99. The molecule has 1 atom stereocenters. The van der Waals surface area contributed by atoms with Crippen LogP contribution in [0.15, 0.2) is 53.5 Å². The Bertz CT molecular complexity index is 1450. The van der Waals surface area contributed by atoms with Crippen LogP contribution in [0.2, 0.25) is 4.34 Å². The second-order valence-electron chi connectivity index (χ2n) is 10.3. The fraction of sp³-hybridized carbons (Fsp3) is 0.414. The van der Waals surface area contributed by atoms with E-state index in [-0.39, 0.29) is 36.4 Å². The average molecular weight is 601 g/mol. The molecule has 218 valence electrons. The van der Waals surface area contributed by atoms with Gasteiger partial charge in [0, 0.05) is 24.5 Å². The maximum Gasteiger partial charge on any atom is 0.414 e. The van der Waals surface area contributed by atoms with E-state index in [0.717, 1.165) is 31.2 Å². The summed E-state index contributed by atoms with van der Waals surface area (Å²) < 4.78 is 13.3. The number of amides is 2. The van der Waals surface area contributed by atoms with Crippen LogP contribution in [-0.4, -0.2) is 66.2 Å². The van der Waals surface area contributed by atoms with Crippen molar-refractivity contribution in [2.45, 2.75) is 50.9 Å². The molecule has 1 saturated heterocycles. The number of nitrogens with one attached hydrogen (secondary N) is 2. The Balaban J connectivity index is 1.18. The van der Waals surface area contributed by atoms with E-state index >= 15 is 0 Å². The molecule has 3 aromatic rings. The standard InChI is InChI=1S/C29H33ClN4O6S/c1-18-15-20(34-17-22(40-29(34)38)16-32-27(36)25-10-11-26(30)41-25)6-9-23(18)33-13-2-3-24(28(33)37)39-14-12-31-19-4-7-21(35)8-5-19/h2-3,6,9-11,13,15,19,21-22,31,35H,4-5,7-8,12,14,16-17H2,1H3,(H,32,36)/t19-,21-,22-/m0/s1. The van der Waals surface area contributed by atoms with Gasteiger partial charge in [0.05, 0.1) is 34.1 Å². The highest BCUT2D eigenvalue weighted by atomic mass is 35.5. The lowest BCUT2D eigenvalue weighted by atomic mass is 9.93. The Kier molecular flexibility index (Phi) is 9.29. The number of ether oxygens (including phenoxy) is 2. The zero-order valence-corrected chi connectivity index (χ0v) is 24.2. The van der Waals surface area contributed by atoms with E-state index in [1.807, 2.05) is 13.0 Å². The Hall–Kier alpha value is -3.38. The molecule has 41 heavy (non-hydrogen) atoms. The van der Waals surface area contributed by atoms with Gasteiger partial charge in [-0.1, -0.05) is 11.6 Å². The third-order valence-electron chi connectivity index (χ3n) is 7.31. The molecule has 2 fully saturated rings. The summed E-state index contributed by atoms with van der Waals surface area (Å²) in [5, 5.41) is 15.9. The Morgan fingerprint density at radius 1 is 1.17 bits per heavy atom. The summed E-state index contributed by atoms with van der Waals surface area (Å²) in [6.45, 7) is 3.30. The number of aryl methyl sites for hydroxylation is 1. The van der Waals surface area contributed by atoms with Crippen LogP contribution in [0.25, 0.3) is 5.69 Å². The third-order valence-corrected chi connectivity index (χ3v) is 8.54. The number of hydrogen-bond acceptors (Lipinski definition) is 8. The number of thiophene rings is 1. The molecule has 2 amide bonds. The third kappa shape index (κ3) is 7.10. The number of halogens is 1. The summed E-state index contributed by atoms with van der Waals surface area (Å²) in [4.78, 5) is 40.1. The smallest absolute Gasteiger partial charge is 0.414 e. The van der Waals surface area contributed by atoms with Gasteiger partial charge in [0.25, 0.3) is 11.5 Å². The van der Waals surface area contributed by atoms with Gasteiger partial charge < -0.3 is 25.2 Å². The highest BCUT2D eigenvalue weighted by Gasteiger charge is 2.33. The number of hydrogen-bond donors (Lipinski definition) is 3. The summed E-state index contributed by atoms with van der Waals surface area (Å²) in [7, 11) is 0. The molecule has 3 N–H and O–H groups in total. The molecular weight excluding hydrogens is 568 g/mol. The summed E-state index contributed by atoms with van der Waals surface area (Å²) in [6, 6.07) is 12.5. The quantitative estimate of drug-likeness (QED) is 0.302. The van der Waals surface area contributed by atoms with E-state index in [9.17, 15) is 19.5 Å². The minimum Gasteiger partial charge on any atom is -0.487 e. The van der Waals surface area contributed by atoms with Crippen molar-refractivity contribution in [2.75, 3.05) is 31.1 Å². The van der Waals surface area contributed by atoms with Gasteiger partial charge in [-0.15, -0.1) is 11.3 Å². The lowest BCUT2D eigenvalue weighted by Crippen LogP contribution is -2.37. The van der Waals surface area contributed by atoms with Crippen LogP contribution < -0.4 is 25.8 Å². The van der Waals surface area contributed by atoms with Gasteiger partial charge in [0.15, 0.2) is 5.75 Å². The first-order valence-corrected chi connectivity index (χ1v) is 14.9. The van der Waals surface area contributed by atoms with E-state index in [1.165, 1.54) is 20.8 Å². The zero-order chi connectivity index (χ0) is 28.9. The number of carbonyl (C=O) groups excluding carboxylic acids is 2. The lowest BCUT2D eigenvalue weighted by Gasteiger charge is -2.26. The molecule has 0 bridgehead atoms. The first-order chi connectivity index (χ1) is 19.8. The summed E-state index contributed by atoms with van der Waals surface area (Å²) in [5.74, 6) is -0.0101. The molecule has 0 radical (unpaired) electrons. The first-order valence-electron chi connectivity index (χ1n) is 13.7. The summed E-state index contributed by atoms with van der Waals surface area (Å²) >= 11 is 7.08. The van der Waals surface area contributed by atoms with E-state index < -0.39 is 12.2 Å². The Labute approximate surface area is 246 Å². The molecule has 1 aliphatic carbocycles. The molecule has 12 heteroatoms. The minimum absolute atomic E-state index is 0.176. The van der Waals surface area contributed by atoms with E-state index in [2.05, 4.69) is 10.6 Å². The van der Waals surface area contributed by atoms with E-state index in [4.69, 9.17) is 21.1 Å². The van der Waals surface area contributed by atoms with Crippen molar-refractivity contribution < 1.29 is 24.2 Å². The van der Waals surface area contributed by atoms with Crippen LogP contribution >= 0.6 is 22.9 Å². The van der Waals surface area contributed by atoms with Crippen molar-refractivity contribution in [3.8, 4) is 11.4 Å². The van der Waals surface area contributed by atoms with Gasteiger partial charge in [-0.2, -0.15) is 0 Å². The Morgan fingerprint density at radius 2 is 1.98 bits per heavy atom. The minimum atomic E-state index is -0.502. The number of pyridine rings is 1. The molecular formula is C29H33ClN4O6S. The molecule has 1 saturated carbocycles. The maximum atomic E-state index is 13.2. The number of cyclic esters (lactones) is 1. The molecule has 1 aliphatic heterocycles. The second kappa shape index (κ2) is 13.1. The molecule has 2 aromatic heterocycles. The molecule has 3 heterocycles. The van der Waals surface area contributed by atoms with Crippen LogP contribution in [0.4, 0.5) is 10.5 Å². The van der Waals surface area contributed by atoms with Crippen molar-refractivity contribution in [2.24, 2.45) is 0 Å². The van der Waals surface area contributed by atoms with E-state index in [1.54, 1.807) is 42.6 Å². The van der Waals surface area contributed by atoms with Crippen LogP contribution in [0.5, 0.6) is 5.75 Å². The molecule has 5 rings (SSSR count). The number of nitrogens with zero attached hydrogens (tertiary/aromatic N) is 2. The van der Waals surface area contributed by atoms with Gasteiger partial charge in [0.1, 0.15) is 12.7 Å². The predicted molar refractivity (Wildman–Crippen MR) is 158 cm³/mol. The molecule has 1 aromatic carbocycles. The number of aliphatic hydroxyl groups excluding tert-OH is 1. The SMILES string of the molecule is Cc1cc(N2C[C@H](CNC(=O)c3ccc(Cl)s3)OC2=O)ccc1-n1cccc(OCCN[C@H]2CC[C@H](O)CC2)c1=O. The molecule has 2 aliphatic rings. The fourth-order valence-corrected chi connectivity index (χ4v) is 6.08. The van der Waals surface area contributed by atoms with Gasteiger partial charge in [-0.3, -0.25) is 19.1 Å². The fourth-order valence-electron chi connectivity index (χ4n) is 5.12. The largest absolute Gasteiger partial charge is 0.487 e. The highest BCUT2D eigenvalue weighted by molar-refractivity contribution is 7.18. The van der Waals surface area contributed by atoms with Crippen LogP contribution in [-0.2, 0) is 4.74 Å². The second-order valence-corrected chi connectivity index (χ2v) is 12.0. The monoisotopic (exact) mass is 600 g/mol. The zero-order valence-electron chi connectivity index (χ0n) is 22.7. The lowest BCUT2D eigenvalue weighted by molar-refractivity contribution is 0.0920.